The van der Waals surface area contributed by atoms with Crippen LogP contribution in [0.5, 0.6) is 5.75 Å². The third-order valence-corrected chi connectivity index (χ3v) is 6.18. The lowest BCUT2D eigenvalue weighted by Crippen LogP contribution is -2.45. The number of allylic oxidation sites excluding steroid dienone is 2. The zero-order valence-electron chi connectivity index (χ0n) is 17.8. The molecule has 2 aliphatic rings. The van der Waals surface area contributed by atoms with E-state index in [1.165, 1.54) is 43.3 Å². The first-order valence-corrected chi connectivity index (χ1v) is 11.2. The zero-order valence-corrected chi connectivity index (χ0v) is 19.3. The molecule has 1 aliphatic carbocycles. The van der Waals surface area contributed by atoms with E-state index in [-0.39, 0.29) is 38.6 Å². The van der Waals surface area contributed by atoms with Crippen LogP contribution in [-0.2, 0) is 4.79 Å². The number of fused-ring (bicyclic) bond motifs is 1. The summed E-state index contributed by atoms with van der Waals surface area (Å²) in [5.74, 6) is 0.0616. The SMILES string of the molecule is C=C/C=C(Oc1cc(Cl)c(C#N)cc1Cl)\C(=C/N)C(=O)N1CCN(C2CC2)c2ccccc21. The van der Waals surface area contributed by atoms with Gasteiger partial charge in [0.05, 0.1) is 32.6 Å². The summed E-state index contributed by atoms with van der Waals surface area (Å²) >= 11 is 12.4. The quantitative estimate of drug-likeness (QED) is 0.350. The fourth-order valence-electron chi connectivity index (χ4n) is 3.86. The van der Waals surface area contributed by atoms with Crippen molar-refractivity contribution < 1.29 is 9.53 Å². The second kappa shape index (κ2) is 9.62. The van der Waals surface area contributed by atoms with Crippen LogP contribution >= 0.6 is 23.2 Å². The van der Waals surface area contributed by atoms with Crippen molar-refractivity contribution in [2.24, 2.45) is 5.73 Å². The van der Waals surface area contributed by atoms with E-state index in [1.807, 2.05) is 30.3 Å². The molecule has 2 aromatic rings. The number of hydrogen-bond acceptors (Lipinski definition) is 5. The largest absolute Gasteiger partial charge is 0.455 e. The molecule has 1 heterocycles. The van der Waals surface area contributed by atoms with E-state index < -0.39 is 0 Å². The summed E-state index contributed by atoms with van der Waals surface area (Å²) in [5.41, 5.74) is 8.15. The summed E-state index contributed by atoms with van der Waals surface area (Å²) in [4.78, 5) is 17.7. The van der Waals surface area contributed by atoms with Crippen LogP contribution in [0.3, 0.4) is 0 Å². The molecule has 1 saturated carbocycles. The molecule has 1 aliphatic heterocycles. The van der Waals surface area contributed by atoms with Crippen molar-refractivity contribution in [1.29, 1.82) is 5.26 Å². The number of nitriles is 1. The number of nitrogens with two attached hydrogens (primary N) is 1. The Morgan fingerprint density at radius 1 is 1.18 bits per heavy atom. The van der Waals surface area contributed by atoms with Gasteiger partial charge in [0, 0.05) is 31.4 Å². The van der Waals surface area contributed by atoms with Crippen molar-refractivity contribution >= 4 is 40.5 Å². The van der Waals surface area contributed by atoms with Crippen molar-refractivity contribution in [3.05, 3.63) is 88.3 Å². The summed E-state index contributed by atoms with van der Waals surface area (Å²) in [6.45, 7) is 4.97. The van der Waals surface area contributed by atoms with Gasteiger partial charge >= 0.3 is 0 Å². The van der Waals surface area contributed by atoms with Gasteiger partial charge in [0.25, 0.3) is 5.91 Å². The molecule has 0 spiro atoms. The summed E-state index contributed by atoms with van der Waals surface area (Å²) in [6.07, 6.45) is 6.58. The monoisotopic (exact) mass is 480 g/mol. The summed E-state index contributed by atoms with van der Waals surface area (Å²) in [7, 11) is 0. The molecular weight excluding hydrogens is 459 g/mol. The molecule has 8 heteroatoms. The molecule has 0 atom stereocenters. The van der Waals surface area contributed by atoms with Crippen molar-refractivity contribution in [1.82, 2.24) is 0 Å². The van der Waals surface area contributed by atoms with Crippen LogP contribution in [0.4, 0.5) is 11.4 Å². The molecule has 0 unspecified atom stereocenters. The highest BCUT2D eigenvalue weighted by molar-refractivity contribution is 6.35. The Morgan fingerprint density at radius 2 is 1.91 bits per heavy atom. The first-order chi connectivity index (χ1) is 16.0. The highest BCUT2D eigenvalue weighted by atomic mass is 35.5. The van der Waals surface area contributed by atoms with E-state index in [2.05, 4.69) is 11.5 Å². The van der Waals surface area contributed by atoms with Crippen LogP contribution in [0.25, 0.3) is 0 Å². The van der Waals surface area contributed by atoms with Crippen molar-refractivity contribution in [3.63, 3.8) is 0 Å². The number of benzene rings is 2. The molecule has 0 aromatic heterocycles. The summed E-state index contributed by atoms with van der Waals surface area (Å²) < 4.78 is 5.95. The molecule has 6 nitrogen and oxygen atoms in total. The zero-order chi connectivity index (χ0) is 23.5. The minimum atomic E-state index is -0.302. The fraction of sp³-hybridized carbons (Fsp3) is 0.200. The van der Waals surface area contributed by atoms with Gasteiger partial charge in [-0.3, -0.25) is 4.79 Å². The highest BCUT2D eigenvalue weighted by Crippen LogP contribution is 2.41. The van der Waals surface area contributed by atoms with Crippen LogP contribution in [0.1, 0.15) is 18.4 Å². The smallest absolute Gasteiger partial charge is 0.263 e. The van der Waals surface area contributed by atoms with Gasteiger partial charge in [0.1, 0.15) is 17.6 Å². The maximum atomic E-state index is 13.6. The second-order valence-electron chi connectivity index (χ2n) is 7.69. The van der Waals surface area contributed by atoms with Crippen LogP contribution in [0.15, 0.2) is 72.7 Å². The number of rotatable bonds is 6. The Labute approximate surface area is 202 Å². The molecular formula is C25H22Cl2N4O2. The number of carbonyl (C=O) groups is 1. The topological polar surface area (TPSA) is 82.6 Å². The van der Waals surface area contributed by atoms with Gasteiger partial charge in [0.15, 0.2) is 0 Å². The molecule has 0 radical (unpaired) electrons. The standard InChI is InChI=1S/C25H22Cl2N4O2/c1-2-5-23(33-24-13-19(26)16(14-28)12-20(24)27)18(15-29)25(32)31-11-10-30(17-8-9-17)21-6-3-4-7-22(21)31/h2-7,12-13,15,17H,1,8-11,29H2/b18-15+,23-5+. The number of amides is 1. The number of para-hydroxylation sites is 2. The molecule has 33 heavy (non-hydrogen) atoms. The lowest BCUT2D eigenvalue weighted by atomic mass is 10.1. The van der Waals surface area contributed by atoms with Crippen LogP contribution < -0.4 is 20.3 Å². The molecule has 0 saturated heterocycles. The Bertz CT molecular complexity index is 1210. The van der Waals surface area contributed by atoms with E-state index in [1.54, 1.807) is 4.90 Å². The van der Waals surface area contributed by atoms with Gasteiger partial charge in [-0.15, -0.1) is 0 Å². The second-order valence-corrected chi connectivity index (χ2v) is 8.51. The van der Waals surface area contributed by atoms with Gasteiger partial charge in [-0.25, -0.2) is 0 Å². The third kappa shape index (κ3) is 4.56. The van der Waals surface area contributed by atoms with Gasteiger partial charge in [-0.05, 0) is 37.1 Å². The fourth-order valence-corrected chi connectivity index (χ4v) is 4.26. The number of halogens is 2. The lowest BCUT2D eigenvalue weighted by Gasteiger charge is -2.38. The average Bonchev–Trinajstić information content (AvgIpc) is 3.66. The maximum Gasteiger partial charge on any atom is 0.263 e. The Kier molecular flexibility index (Phi) is 6.64. The highest BCUT2D eigenvalue weighted by Gasteiger charge is 2.36. The first-order valence-electron chi connectivity index (χ1n) is 10.5. The average molecular weight is 481 g/mol. The Hall–Kier alpha value is -3.40. The predicted octanol–water partition coefficient (Wildman–Crippen LogP) is 5.17. The number of hydrogen-bond donors (Lipinski definition) is 1. The van der Waals surface area contributed by atoms with Crippen LogP contribution in [-0.4, -0.2) is 25.0 Å². The first kappa shape index (κ1) is 22.8. The molecule has 2 aromatic carbocycles. The number of ether oxygens (including phenoxy) is 1. The van der Waals surface area contributed by atoms with Gasteiger partial charge < -0.3 is 20.3 Å². The number of anilines is 2. The minimum absolute atomic E-state index is 0.154. The van der Waals surface area contributed by atoms with Gasteiger partial charge in [-0.1, -0.05) is 48.0 Å². The van der Waals surface area contributed by atoms with Crippen LogP contribution in [0, 0.1) is 11.3 Å². The molecule has 4 rings (SSSR count). The number of nitrogens with zero attached hydrogens (tertiary/aromatic N) is 3. The van der Waals surface area contributed by atoms with E-state index in [9.17, 15) is 4.79 Å². The van der Waals surface area contributed by atoms with Crippen molar-refractivity contribution in [2.45, 2.75) is 18.9 Å². The summed E-state index contributed by atoms with van der Waals surface area (Å²) in [6, 6.07) is 13.2. The minimum Gasteiger partial charge on any atom is -0.455 e. The van der Waals surface area contributed by atoms with Crippen molar-refractivity contribution in [2.75, 3.05) is 22.9 Å². The van der Waals surface area contributed by atoms with Crippen molar-refractivity contribution in [3.8, 4) is 11.8 Å². The molecule has 0 bridgehead atoms. The molecule has 1 fully saturated rings. The Balaban J connectivity index is 1.65. The molecule has 1 amide bonds. The van der Waals surface area contributed by atoms with Gasteiger partial charge in [-0.2, -0.15) is 5.26 Å². The normalized spacial score (nSPS) is 16.2. The molecule has 2 N–H and O–H groups in total. The lowest BCUT2D eigenvalue weighted by molar-refractivity contribution is -0.115. The Morgan fingerprint density at radius 3 is 2.55 bits per heavy atom. The van der Waals surface area contributed by atoms with E-state index in [4.69, 9.17) is 38.9 Å². The van der Waals surface area contributed by atoms with E-state index in [0.717, 1.165) is 17.9 Å². The van der Waals surface area contributed by atoms with E-state index >= 15 is 0 Å². The number of carbonyl (C=O) groups excluding carboxylic acids is 1. The summed E-state index contributed by atoms with van der Waals surface area (Å²) in [5, 5.41) is 9.51. The van der Waals surface area contributed by atoms with Crippen LogP contribution in [0.2, 0.25) is 10.0 Å². The maximum absolute atomic E-state index is 13.6. The third-order valence-electron chi connectivity index (χ3n) is 5.57. The predicted molar refractivity (Wildman–Crippen MR) is 132 cm³/mol. The molecule has 168 valence electrons. The van der Waals surface area contributed by atoms with Gasteiger partial charge in [0.2, 0.25) is 0 Å². The van der Waals surface area contributed by atoms with E-state index in [0.29, 0.717) is 12.6 Å².